The maximum absolute atomic E-state index is 5.89. The van der Waals surface area contributed by atoms with Crippen LogP contribution in [0.25, 0.3) is 11.4 Å². The molecule has 1 saturated carbocycles. The van der Waals surface area contributed by atoms with Gasteiger partial charge in [-0.05, 0) is 25.3 Å². The first kappa shape index (κ1) is 13.0. The predicted molar refractivity (Wildman–Crippen MR) is 80.2 cm³/mol. The number of hydrogen-bond acceptors (Lipinski definition) is 4. The van der Waals surface area contributed by atoms with Crippen molar-refractivity contribution >= 4 is 5.95 Å². The number of nitrogens with zero attached hydrogens (tertiary/aromatic N) is 3. The van der Waals surface area contributed by atoms with Crippen molar-refractivity contribution in [1.82, 2.24) is 15.0 Å². The van der Waals surface area contributed by atoms with Gasteiger partial charge in [0, 0.05) is 11.5 Å². The second kappa shape index (κ2) is 5.57. The van der Waals surface area contributed by atoms with Crippen LogP contribution in [-0.2, 0) is 0 Å². The number of nitrogens with two attached hydrogens (primary N) is 1. The average molecular weight is 268 g/mol. The van der Waals surface area contributed by atoms with E-state index < -0.39 is 0 Å². The fourth-order valence-corrected chi connectivity index (χ4v) is 2.90. The van der Waals surface area contributed by atoms with Gasteiger partial charge in [-0.1, -0.05) is 43.5 Å². The molecule has 1 aromatic heterocycles. The van der Waals surface area contributed by atoms with E-state index in [1.54, 1.807) is 0 Å². The van der Waals surface area contributed by atoms with Gasteiger partial charge in [-0.25, -0.2) is 4.98 Å². The molecule has 1 aliphatic carbocycles. The molecule has 0 radical (unpaired) electrons. The molecule has 1 fully saturated rings. The molecule has 0 amide bonds. The van der Waals surface area contributed by atoms with Crippen LogP contribution in [0.4, 0.5) is 5.95 Å². The van der Waals surface area contributed by atoms with Crippen LogP contribution in [-0.4, -0.2) is 15.0 Å². The number of aromatic nitrogens is 3. The molecule has 4 heteroatoms. The number of rotatable bonds is 2. The van der Waals surface area contributed by atoms with Gasteiger partial charge in [0.2, 0.25) is 5.95 Å². The van der Waals surface area contributed by atoms with Crippen LogP contribution in [0, 0.1) is 6.92 Å². The molecular weight excluding hydrogens is 248 g/mol. The zero-order valence-corrected chi connectivity index (χ0v) is 11.8. The standard InChI is InChI=1S/C16H20N4/c1-11-7-5-6-10-13(11)15-18-14(19-16(17)20-15)12-8-3-2-4-9-12/h5-7,10,12H,2-4,8-9H2,1H3,(H2,17,18,19,20). The lowest BCUT2D eigenvalue weighted by Gasteiger charge is -2.20. The topological polar surface area (TPSA) is 64.7 Å². The van der Waals surface area contributed by atoms with Gasteiger partial charge < -0.3 is 5.73 Å². The summed E-state index contributed by atoms with van der Waals surface area (Å²) in [6, 6.07) is 8.12. The summed E-state index contributed by atoms with van der Waals surface area (Å²) in [5.41, 5.74) is 8.09. The van der Waals surface area contributed by atoms with E-state index in [0.717, 1.165) is 29.8 Å². The predicted octanol–water partition coefficient (Wildman–Crippen LogP) is 3.48. The molecule has 0 spiro atoms. The normalized spacial score (nSPS) is 16.2. The van der Waals surface area contributed by atoms with Gasteiger partial charge >= 0.3 is 0 Å². The molecule has 1 heterocycles. The Morgan fingerprint density at radius 1 is 1.00 bits per heavy atom. The zero-order valence-electron chi connectivity index (χ0n) is 11.8. The van der Waals surface area contributed by atoms with Gasteiger partial charge in [-0.2, -0.15) is 9.97 Å². The van der Waals surface area contributed by atoms with Crippen LogP contribution in [0.3, 0.4) is 0 Å². The number of benzene rings is 1. The van der Waals surface area contributed by atoms with E-state index in [1.807, 2.05) is 18.2 Å². The second-order valence-corrected chi connectivity index (χ2v) is 5.53. The molecule has 0 unspecified atom stereocenters. The molecule has 1 aromatic carbocycles. The summed E-state index contributed by atoms with van der Waals surface area (Å²) in [5, 5.41) is 0. The van der Waals surface area contributed by atoms with Crippen molar-refractivity contribution in [1.29, 1.82) is 0 Å². The largest absolute Gasteiger partial charge is 0.368 e. The minimum absolute atomic E-state index is 0.332. The molecule has 1 aliphatic rings. The van der Waals surface area contributed by atoms with Crippen molar-refractivity contribution in [3.05, 3.63) is 35.7 Å². The van der Waals surface area contributed by atoms with E-state index in [9.17, 15) is 0 Å². The fourth-order valence-electron chi connectivity index (χ4n) is 2.90. The third-order valence-electron chi connectivity index (χ3n) is 4.03. The summed E-state index contributed by atoms with van der Waals surface area (Å²) in [6.07, 6.45) is 6.17. The molecular formula is C16H20N4. The SMILES string of the molecule is Cc1ccccc1-c1nc(N)nc(C2CCCCC2)n1. The van der Waals surface area contributed by atoms with Crippen molar-refractivity contribution in [2.24, 2.45) is 0 Å². The lowest BCUT2D eigenvalue weighted by Crippen LogP contribution is -2.12. The van der Waals surface area contributed by atoms with Gasteiger partial charge in [0.05, 0.1) is 0 Å². The number of anilines is 1. The van der Waals surface area contributed by atoms with E-state index in [2.05, 4.69) is 27.9 Å². The van der Waals surface area contributed by atoms with E-state index in [-0.39, 0.29) is 0 Å². The molecule has 4 nitrogen and oxygen atoms in total. The Morgan fingerprint density at radius 3 is 2.50 bits per heavy atom. The highest BCUT2D eigenvalue weighted by Gasteiger charge is 2.20. The maximum atomic E-state index is 5.89. The Kier molecular flexibility index (Phi) is 3.63. The van der Waals surface area contributed by atoms with Crippen LogP contribution >= 0.6 is 0 Å². The summed E-state index contributed by atoms with van der Waals surface area (Å²) >= 11 is 0. The van der Waals surface area contributed by atoms with E-state index in [0.29, 0.717) is 17.7 Å². The summed E-state index contributed by atoms with van der Waals surface area (Å²) in [5.74, 6) is 2.35. The number of hydrogen-bond donors (Lipinski definition) is 1. The Balaban J connectivity index is 2.00. The molecule has 0 bridgehead atoms. The molecule has 0 aliphatic heterocycles. The van der Waals surface area contributed by atoms with Gasteiger partial charge in [0.25, 0.3) is 0 Å². The highest BCUT2D eigenvalue weighted by atomic mass is 15.1. The van der Waals surface area contributed by atoms with Gasteiger partial charge in [-0.3, -0.25) is 0 Å². The van der Waals surface area contributed by atoms with Gasteiger partial charge in [0.1, 0.15) is 5.82 Å². The Bertz CT molecular complexity index is 603. The second-order valence-electron chi connectivity index (χ2n) is 5.53. The van der Waals surface area contributed by atoms with Crippen LogP contribution in [0.2, 0.25) is 0 Å². The Morgan fingerprint density at radius 2 is 1.75 bits per heavy atom. The lowest BCUT2D eigenvalue weighted by molar-refractivity contribution is 0.428. The van der Waals surface area contributed by atoms with E-state index >= 15 is 0 Å². The molecule has 0 atom stereocenters. The van der Waals surface area contributed by atoms with Crippen LogP contribution in [0.15, 0.2) is 24.3 Å². The minimum Gasteiger partial charge on any atom is -0.368 e. The minimum atomic E-state index is 0.332. The first-order chi connectivity index (χ1) is 9.74. The number of nitrogen functional groups attached to an aromatic ring is 1. The Hall–Kier alpha value is -1.97. The zero-order chi connectivity index (χ0) is 13.9. The molecule has 20 heavy (non-hydrogen) atoms. The average Bonchev–Trinajstić information content (AvgIpc) is 2.48. The van der Waals surface area contributed by atoms with E-state index in [1.165, 1.54) is 19.3 Å². The molecule has 2 N–H and O–H groups in total. The summed E-state index contributed by atoms with van der Waals surface area (Å²) < 4.78 is 0. The van der Waals surface area contributed by atoms with Crippen molar-refractivity contribution in [3.63, 3.8) is 0 Å². The first-order valence-corrected chi connectivity index (χ1v) is 7.31. The lowest BCUT2D eigenvalue weighted by atomic mass is 9.89. The molecule has 104 valence electrons. The third kappa shape index (κ3) is 2.64. The van der Waals surface area contributed by atoms with Crippen molar-refractivity contribution in [3.8, 4) is 11.4 Å². The van der Waals surface area contributed by atoms with Gasteiger partial charge in [0.15, 0.2) is 5.82 Å². The van der Waals surface area contributed by atoms with Crippen molar-refractivity contribution < 1.29 is 0 Å². The van der Waals surface area contributed by atoms with Crippen LogP contribution in [0.5, 0.6) is 0 Å². The highest BCUT2D eigenvalue weighted by molar-refractivity contribution is 5.60. The van der Waals surface area contributed by atoms with Crippen molar-refractivity contribution in [2.75, 3.05) is 5.73 Å². The number of aryl methyl sites for hydroxylation is 1. The molecule has 0 saturated heterocycles. The van der Waals surface area contributed by atoms with Crippen LogP contribution in [0.1, 0.15) is 49.4 Å². The fraction of sp³-hybridized carbons (Fsp3) is 0.438. The highest BCUT2D eigenvalue weighted by Crippen LogP contribution is 2.31. The third-order valence-corrected chi connectivity index (χ3v) is 4.03. The summed E-state index contributed by atoms with van der Waals surface area (Å²) in [4.78, 5) is 13.4. The quantitative estimate of drug-likeness (QED) is 0.905. The first-order valence-electron chi connectivity index (χ1n) is 7.31. The van der Waals surface area contributed by atoms with Crippen LogP contribution < -0.4 is 5.73 Å². The van der Waals surface area contributed by atoms with Crippen molar-refractivity contribution in [2.45, 2.75) is 44.9 Å². The van der Waals surface area contributed by atoms with Gasteiger partial charge in [-0.15, -0.1) is 0 Å². The maximum Gasteiger partial charge on any atom is 0.223 e. The smallest absolute Gasteiger partial charge is 0.223 e. The molecule has 3 rings (SSSR count). The Labute approximate surface area is 119 Å². The summed E-state index contributed by atoms with van der Waals surface area (Å²) in [6.45, 7) is 2.07. The monoisotopic (exact) mass is 268 g/mol. The molecule has 2 aromatic rings. The van der Waals surface area contributed by atoms with E-state index in [4.69, 9.17) is 5.73 Å². The summed E-state index contributed by atoms with van der Waals surface area (Å²) in [7, 11) is 0.